The first kappa shape index (κ1) is 18.4. The molecule has 0 spiro atoms. The lowest BCUT2D eigenvalue weighted by Crippen LogP contribution is -2.36. The van der Waals surface area contributed by atoms with Gasteiger partial charge in [-0.2, -0.15) is 0 Å². The van der Waals surface area contributed by atoms with E-state index in [0.29, 0.717) is 31.0 Å². The van der Waals surface area contributed by atoms with Crippen molar-refractivity contribution in [2.75, 3.05) is 20.2 Å². The lowest BCUT2D eigenvalue weighted by molar-refractivity contribution is 0.0418. The van der Waals surface area contributed by atoms with Gasteiger partial charge in [-0.3, -0.25) is 9.88 Å². The zero-order chi connectivity index (χ0) is 17.9. The average Bonchev–Trinajstić information content (AvgIpc) is 2.45. The maximum atomic E-state index is 12.5. The molecule has 2 aromatic rings. The molecule has 0 amide bonds. The molecule has 24 heavy (non-hydrogen) atoms. The predicted octanol–water partition coefficient (Wildman–Crippen LogP) is 2.92. The van der Waals surface area contributed by atoms with E-state index >= 15 is 0 Å². The van der Waals surface area contributed by atoms with Crippen molar-refractivity contribution in [3.05, 3.63) is 41.1 Å². The van der Waals surface area contributed by atoms with E-state index < -0.39 is 5.60 Å². The lowest BCUT2D eigenvalue weighted by atomic mass is 10.0. The summed E-state index contributed by atoms with van der Waals surface area (Å²) >= 11 is 0. The summed E-state index contributed by atoms with van der Waals surface area (Å²) in [4.78, 5) is 19.1. The maximum Gasteiger partial charge on any atom is 0.340 e. The molecule has 2 rings (SSSR count). The molecule has 1 heterocycles. The van der Waals surface area contributed by atoms with E-state index in [2.05, 4.69) is 4.98 Å². The average molecular weight is 330 g/mol. The Labute approximate surface area is 143 Å². The molecular weight excluding hydrogens is 304 g/mol. The van der Waals surface area contributed by atoms with Crippen LogP contribution in [0.2, 0.25) is 0 Å². The molecule has 0 saturated carbocycles. The zero-order valence-corrected chi connectivity index (χ0v) is 15.1. The van der Waals surface area contributed by atoms with Crippen LogP contribution in [0.5, 0.6) is 0 Å². The van der Waals surface area contributed by atoms with Gasteiger partial charge in [0.2, 0.25) is 0 Å². The number of pyridine rings is 1. The lowest BCUT2D eigenvalue weighted by Gasteiger charge is -2.26. The van der Waals surface area contributed by atoms with Crippen molar-refractivity contribution in [1.82, 2.24) is 9.88 Å². The second-order valence-electron chi connectivity index (χ2n) is 6.78. The minimum absolute atomic E-state index is 0.323. The monoisotopic (exact) mass is 330 g/mol. The summed E-state index contributed by atoms with van der Waals surface area (Å²) in [6, 6.07) is 7.77. The topological polar surface area (TPSA) is 62.7 Å². The fraction of sp³-hybridized carbons (Fsp3) is 0.474. The molecule has 1 aromatic carbocycles. The van der Waals surface area contributed by atoms with Gasteiger partial charge < -0.3 is 9.84 Å². The van der Waals surface area contributed by atoms with Crippen LogP contribution < -0.4 is 0 Å². The molecule has 1 aromatic heterocycles. The molecule has 0 unspecified atom stereocenters. The highest BCUT2D eigenvalue weighted by molar-refractivity contribution is 5.98. The first-order valence-corrected chi connectivity index (χ1v) is 8.19. The molecule has 0 atom stereocenters. The minimum Gasteiger partial charge on any atom is -0.462 e. The summed E-state index contributed by atoms with van der Waals surface area (Å²) in [6.07, 6.45) is 0. The van der Waals surface area contributed by atoms with E-state index in [0.717, 1.165) is 16.5 Å². The Bertz CT molecular complexity index is 735. The van der Waals surface area contributed by atoms with Crippen LogP contribution in [-0.4, -0.2) is 46.8 Å². The van der Waals surface area contributed by atoms with Crippen molar-refractivity contribution in [3.8, 4) is 0 Å². The van der Waals surface area contributed by atoms with Gasteiger partial charge >= 0.3 is 5.97 Å². The Morgan fingerprint density at radius 3 is 2.62 bits per heavy atom. The van der Waals surface area contributed by atoms with Gasteiger partial charge in [0, 0.05) is 18.5 Å². The number of aryl methyl sites for hydroxylation is 1. The van der Waals surface area contributed by atoms with Gasteiger partial charge in [0.05, 0.1) is 29.0 Å². The summed E-state index contributed by atoms with van der Waals surface area (Å²) in [7, 11) is 1.90. The van der Waals surface area contributed by atoms with Gasteiger partial charge in [-0.15, -0.1) is 0 Å². The Morgan fingerprint density at radius 1 is 1.33 bits per heavy atom. The summed E-state index contributed by atoms with van der Waals surface area (Å²) in [5.74, 6) is -0.347. The quantitative estimate of drug-likeness (QED) is 0.825. The van der Waals surface area contributed by atoms with E-state index in [9.17, 15) is 9.90 Å². The first-order chi connectivity index (χ1) is 11.2. The van der Waals surface area contributed by atoms with Crippen molar-refractivity contribution in [2.45, 2.75) is 39.8 Å². The number of aromatic nitrogens is 1. The fourth-order valence-electron chi connectivity index (χ4n) is 3.00. The molecule has 0 fully saturated rings. The highest BCUT2D eigenvalue weighted by Crippen LogP contribution is 2.24. The van der Waals surface area contributed by atoms with E-state index in [1.807, 2.05) is 43.1 Å². The van der Waals surface area contributed by atoms with Crippen molar-refractivity contribution in [3.63, 3.8) is 0 Å². The molecule has 0 saturated heterocycles. The number of fused-ring (bicyclic) bond motifs is 1. The number of nitrogens with zero attached hydrogens (tertiary/aromatic N) is 2. The number of aliphatic hydroxyl groups is 1. The molecule has 5 nitrogen and oxygen atoms in total. The predicted molar refractivity (Wildman–Crippen MR) is 95.1 cm³/mol. The van der Waals surface area contributed by atoms with Crippen molar-refractivity contribution < 1.29 is 14.6 Å². The number of carbonyl (C=O) groups is 1. The number of esters is 1. The zero-order valence-electron chi connectivity index (χ0n) is 15.1. The second-order valence-corrected chi connectivity index (χ2v) is 6.78. The van der Waals surface area contributed by atoms with Crippen LogP contribution in [0.3, 0.4) is 0 Å². The third-order valence-electron chi connectivity index (χ3n) is 3.78. The molecule has 0 aliphatic rings. The van der Waals surface area contributed by atoms with E-state index in [1.54, 1.807) is 20.8 Å². The number of rotatable bonds is 6. The van der Waals surface area contributed by atoms with E-state index in [1.165, 1.54) is 0 Å². The van der Waals surface area contributed by atoms with Gasteiger partial charge in [0.1, 0.15) is 0 Å². The highest BCUT2D eigenvalue weighted by Gasteiger charge is 2.22. The van der Waals surface area contributed by atoms with Gasteiger partial charge in [-0.25, -0.2) is 4.79 Å². The van der Waals surface area contributed by atoms with Crippen LogP contribution in [0, 0.1) is 6.92 Å². The Morgan fingerprint density at radius 2 is 2.00 bits per heavy atom. The molecule has 0 aliphatic carbocycles. The standard InChI is InChI=1S/C19H26N2O3/c1-6-24-18(22)17-13(2)14-9-7-8-10-15(14)20-16(17)11-21(5)12-19(3,4)23/h7-10,23H,6,11-12H2,1-5H3. The molecule has 0 aliphatic heterocycles. The van der Waals surface area contributed by atoms with Gasteiger partial charge in [-0.1, -0.05) is 18.2 Å². The van der Waals surface area contributed by atoms with E-state index in [-0.39, 0.29) is 5.97 Å². The molecule has 0 radical (unpaired) electrons. The number of ether oxygens (including phenoxy) is 1. The Balaban J connectivity index is 2.49. The SMILES string of the molecule is CCOC(=O)c1c(CN(C)CC(C)(C)O)nc2ccccc2c1C. The highest BCUT2D eigenvalue weighted by atomic mass is 16.5. The van der Waals surface area contributed by atoms with Crippen molar-refractivity contribution in [2.24, 2.45) is 0 Å². The summed E-state index contributed by atoms with van der Waals surface area (Å²) in [5, 5.41) is 11.0. The molecular formula is C19H26N2O3. The summed E-state index contributed by atoms with van der Waals surface area (Å²) in [5.41, 5.74) is 2.13. The number of hydrogen-bond donors (Lipinski definition) is 1. The number of hydrogen-bond acceptors (Lipinski definition) is 5. The molecule has 1 N–H and O–H groups in total. The van der Waals surface area contributed by atoms with Crippen molar-refractivity contribution >= 4 is 16.9 Å². The first-order valence-electron chi connectivity index (χ1n) is 8.19. The Hall–Kier alpha value is -1.98. The fourth-order valence-corrected chi connectivity index (χ4v) is 3.00. The maximum absolute atomic E-state index is 12.5. The third-order valence-corrected chi connectivity index (χ3v) is 3.78. The largest absolute Gasteiger partial charge is 0.462 e. The van der Waals surface area contributed by atoms with Crippen LogP contribution >= 0.6 is 0 Å². The number of carbonyl (C=O) groups excluding carboxylic acids is 1. The van der Waals surface area contributed by atoms with Crippen molar-refractivity contribution in [1.29, 1.82) is 0 Å². The molecule has 130 valence electrons. The number of benzene rings is 1. The van der Waals surface area contributed by atoms with Gasteiger partial charge in [0.25, 0.3) is 0 Å². The summed E-state index contributed by atoms with van der Waals surface area (Å²) < 4.78 is 5.23. The number of para-hydroxylation sites is 1. The molecule has 0 bridgehead atoms. The number of likely N-dealkylation sites (N-methyl/N-ethyl adjacent to an activating group) is 1. The van der Waals surface area contributed by atoms with Gasteiger partial charge in [0.15, 0.2) is 0 Å². The van der Waals surface area contributed by atoms with E-state index in [4.69, 9.17) is 4.74 Å². The van der Waals surface area contributed by atoms with Gasteiger partial charge in [-0.05, 0) is 46.4 Å². The summed E-state index contributed by atoms with van der Waals surface area (Å²) in [6.45, 7) is 8.50. The second kappa shape index (κ2) is 7.28. The molecule has 5 heteroatoms. The third kappa shape index (κ3) is 4.30. The van der Waals surface area contributed by atoms with Crippen LogP contribution in [0.25, 0.3) is 10.9 Å². The normalized spacial score (nSPS) is 12.0. The van der Waals surface area contributed by atoms with Crippen LogP contribution in [-0.2, 0) is 11.3 Å². The smallest absolute Gasteiger partial charge is 0.340 e. The van der Waals surface area contributed by atoms with Crippen LogP contribution in [0.4, 0.5) is 0 Å². The minimum atomic E-state index is -0.815. The van der Waals surface area contributed by atoms with Crippen LogP contribution in [0.15, 0.2) is 24.3 Å². The van der Waals surface area contributed by atoms with Crippen LogP contribution in [0.1, 0.15) is 42.4 Å². The Kier molecular flexibility index (Phi) is 5.57.